The number of imidazole rings is 1. The van der Waals surface area contributed by atoms with E-state index in [1.807, 2.05) is 60.8 Å². The Balaban J connectivity index is 1.28. The first kappa shape index (κ1) is 30.3. The summed E-state index contributed by atoms with van der Waals surface area (Å²) in [5, 5.41) is 11.4. The van der Waals surface area contributed by atoms with Crippen LogP contribution in [0.3, 0.4) is 0 Å². The van der Waals surface area contributed by atoms with Gasteiger partial charge in [0.2, 0.25) is 0 Å². The molecule has 1 aliphatic carbocycles. The standard InChI is InChI=1S/C52H39N3O/c1-33-25-26-46(41(29-33)35-17-8-5-9-18-35)55-47-23-14-21-38(50(47)54-51(55)40-20-11-13-24-48(40)56)42-30-37(45-32-36(27-28-53-45)34-15-6-4-7-16-34)31-44-49(42)39-19-10-12-22-43(39)52(44,2)3/h4-32,56H,1-3H3/i1D3. The smallest absolute Gasteiger partial charge is 0.149 e. The van der Waals surface area contributed by atoms with E-state index in [1.165, 1.54) is 16.7 Å². The number of aryl methyl sites for hydroxylation is 1. The van der Waals surface area contributed by atoms with Gasteiger partial charge in [-0.05, 0) is 106 Å². The maximum atomic E-state index is 11.4. The van der Waals surface area contributed by atoms with Crippen LogP contribution in [-0.2, 0) is 5.41 Å². The molecule has 0 unspecified atom stereocenters. The number of fused-ring (bicyclic) bond motifs is 4. The zero-order valence-corrected chi connectivity index (χ0v) is 31.0. The van der Waals surface area contributed by atoms with Crippen molar-refractivity contribution in [3.05, 3.63) is 193 Å². The van der Waals surface area contributed by atoms with Gasteiger partial charge in [0.1, 0.15) is 11.6 Å². The van der Waals surface area contributed by atoms with Crippen LogP contribution >= 0.6 is 0 Å². The van der Waals surface area contributed by atoms with Gasteiger partial charge in [-0.15, -0.1) is 0 Å². The molecule has 9 aromatic rings. The van der Waals surface area contributed by atoms with Gasteiger partial charge in [-0.1, -0.05) is 135 Å². The summed E-state index contributed by atoms with van der Waals surface area (Å²) >= 11 is 0. The second-order valence-corrected chi connectivity index (χ2v) is 15.0. The molecule has 0 amide bonds. The Labute approximate surface area is 331 Å². The van der Waals surface area contributed by atoms with Crippen LogP contribution in [0.15, 0.2) is 176 Å². The van der Waals surface area contributed by atoms with Crippen LogP contribution in [0.2, 0.25) is 0 Å². The molecule has 0 bridgehead atoms. The van der Waals surface area contributed by atoms with Crippen molar-refractivity contribution in [3.8, 4) is 78.6 Å². The van der Waals surface area contributed by atoms with E-state index in [9.17, 15) is 5.11 Å². The number of aromatic nitrogens is 3. The molecule has 2 heterocycles. The van der Waals surface area contributed by atoms with Crippen molar-refractivity contribution in [2.75, 3.05) is 0 Å². The van der Waals surface area contributed by atoms with E-state index >= 15 is 0 Å². The van der Waals surface area contributed by atoms with Gasteiger partial charge in [-0.3, -0.25) is 9.55 Å². The molecule has 4 nitrogen and oxygen atoms in total. The minimum absolute atomic E-state index is 0.0916. The summed E-state index contributed by atoms with van der Waals surface area (Å²) in [5.74, 6) is 0.629. The summed E-state index contributed by atoms with van der Waals surface area (Å²) < 4.78 is 26.9. The molecule has 0 aliphatic heterocycles. The molecule has 1 aliphatic rings. The Morgan fingerprint density at radius 1 is 0.554 bits per heavy atom. The number of aromatic hydroxyl groups is 1. The molecule has 0 saturated carbocycles. The molecule has 56 heavy (non-hydrogen) atoms. The Morgan fingerprint density at radius 2 is 1.27 bits per heavy atom. The Kier molecular flexibility index (Phi) is 7.07. The fourth-order valence-corrected chi connectivity index (χ4v) is 8.56. The predicted molar refractivity (Wildman–Crippen MR) is 230 cm³/mol. The first-order valence-corrected chi connectivity index (χ1v) is 18.9. The van der Waals surface area contributed by atoms with Crippen LogP contribution in [0, 0.1) is 6.85 Å². The number of pyridine rings is 1. The second-order valence-electron chi connectivity index (χ2n) is 15.0. The molecule has 7 aromatic carbocycles. The molecular formula is C52H39N3O. The minimum atomic E-state index is -2.31. The normalized spacial score (nSPS) is 13.8. The fraction of sp³-hybridized carbons (Fsp3) is 0.0769. The Bertz CT molecular complexity index is 3080. The summed E-state index contributed by atoms with van der Waals surface area (Å²) in [6.07, 6.45) is 1.88. The first-order valence-electron chi connectivity index (χ1n) is 20.4. The molecule has 0 atom stereocenters. The maximum absolute atomic E-state index is 11.4. The largest absolute Gasteiger partial charge is 0.507 e. The fourth-order valence-electron chi connectivity index (χ4n) is 8.56. The molecule has 4 heteroatoms. The monoisotopic (exact) mass is 724 g/mol. The SMILES string of the molecule is [2H]C([2H])([2H])c1ccc(-n2c(-c3ccccc3O)nc3c(-c4cc(-c5cc(-c6ccccc6)ccn5)cc5c4-c4ccccc4C5(C)C)cccc32)c(-c2ccccc2)c1. The van der Waals surface area contributed by atoms with E-state index in [-0.39, 0.29) is 16.7 Å². The van der Waals surface area contributed by atoms with Crippen LogP contribution in [0.4, 0.5) is 0 Å². The summed E-state index contributed by atoms with van der Waals surface area (Å²) in [7, 11) is 0. The lowest BCUT2D eigenvalue weighted by Crippen LogP contribution is -2.15. The van der Waals surface area contributed by atoms with Crippen LogP contribution in [-0.4, -0.2) is 19.6 Å². The van der Waals surface area contributed by atoms with Crippen LogP contribution < -0.4 is 0 Å². The van der Waals surface area contributed by atoms with Gasteiger partial charge >= 0.3 is 0 Å². The van der Waals surface area contributed by atoms with Gasteiger partial charge in [0.25, 0.3) is 0 Å². The highest BCUT2D eigenvalue weighted by Crippen LogP contribution is 2.54. The van der Waals surface area contributed by atoms with Gasteiger partial charge < -0.3 is 5.11 Å². The van der Waals surface area contributed by atoms with Crippen molar-refractivity contribution < 1.29 is 9.22 Å². The number of hydrogen-bond acceptors (Lipinski definition) is 3. The van der Waals surface area contributed by atoms with Crippen LogP contribution in [0.25, 0.3) is 83.9 Å². The molecule has 0 radical (unpaired) electrons. The van der Waals surface area contributed by atoms with Crippen molar-refractivity contribution >= 4 is 11.0 Å². The summed E-state index contributed by atoms with van der Waals surface area (Å²) in [5.41, 5.74) is 15.3. The van der Waals surface area contributed by atoms with Gasteiger partial charge in [-0.2, -0.15) is 0 Å². The van der Waals surface area contributed by atoms with E-state index < -0.39 is 6.85 Å². The molecule has 10 rings (SSSR count). The zero-order chi connectivity index (χ0) is 40.5. The van der Waals surface area contributed by atoms with Crippen molar-refractivity contribution in [2.24, 2.45) is 0 Å². The molecule has 1 N–H and O–H groups in total. The highest BCUT2D eigenvalue weighted by Gasteiger charge is 2.38. The van der Waals surface area contributed by atoms with Crippen molar-refractivity contribution in [2.45, 2.75) is 26.1 Å². The molecule has 0 spiro atoms. The van der Waals surface area contributed by atoms with Gasteiger partial charge in [0, 0.05) is 32.4 Å². The van der Waals surface area contributed by atoms with Crippen molar-refractivity contribution in [1.82, 2.24) is 14.5 Å². The highest BCUT2D eigenvalue weighted by atomic mass is 16.3. The third-order valence-corrected chi connectivity index (χ3v) is 11.3. The first-order chi connectivity index (χ1) is 28.6. The third kappa shape index (κ3) is 5.37. The summed E-state index contributed by atoms with van der Waals surface area (Å²) in [6.45, 7) is 2.27. The Hall–Kier alpha value is -7.04. The van der Waals surface area contributed by atoms with Crippen LogP contribution in [0.5, 0.6) is 5.75 Å². The molecule has 0 fully saturated rings. The van der Waals surface area contributed by atoms with E-state index in [2.05, 4.69) is 109 Å². The third-order valence-electron chi connectivity index (χ3n) is 11.3. The maximum Gasteiger partial charge on any atom is 0.149 e. The van der Waals surface area contributed by atoms with Gasteiger partial charge in [0.15, 0.2) is 0 Å². The van der Waals surface area contributed by atoms with Crippen molar-refractivity contribution in [1.29, 1.82) is 0 Å². The average molecular weight is 725 g/mol. The van der Waals surface area contributed by atoms with Crippen molar-refractivity contribution in [3.63, 3.8) is 0 Å². The zero-order valence-electron chi connectivity index (χ0n) is 34.0. The number of rotatable bonds is 6. The highest BCUT2D eigenvalue weighted by molar-refractivity contribution is 6.04. The van der Waals surface area contributed by atoms with E-state index in [1.54, 1.807) is 24.3 Å². The van der Waals surface area contributed by atoms with Crippen LogP contribution in [0.1, 0.15) is 34.7 Å². The van der Waals surface area contributed by atoms with Gasteiger partial charge in [0.05, 0.1) is 28.0 Å². The molecule has 0 saturated heterocycles. The summed E-state index contributed by atoms with van der Waals surface area (Å²) in [6, 6.07) is 56.4. The average Bonchev–Trinajstić information content (AvgIpc) is 3.76. The lowest BCUT2D eigenvalue weighted by Gasteiger charge is -2.23. The van der Waals surface area contributed by atoms with Gasteiger partial charge in [-0.25, -0.2) is 4.98 Å². The number of nitrogens with zero attached hydrogens (tertiary/aromatic N) is 3. The molecular weight excluding hydrogens is 683 g/mol. The van der Waals surface area contributed by atoms with E-state index in [0.717, 1.165) is 66.9 Å². The predicted octanol–water partition coefficient (Wildman–Crippen LogP) is 13.1. The quantitative estimate of drug-likeness (QED) is 0.186. The van der Waals surface area contributed by atoms with E-state index in [0.29, 0.717) is 11.4 Å². The number of phenols is 1. The number of hydrogen-bond donors (Lipinski definition) is 1. The molecule has 268 valence electrons. The summed E-state index contributed by atoms with van der Waals surface area (Å²) in [4.78, 5) is 10.4. The topological polar surface area (TPSA) is 50.9 Å². The lowest BCUT2D eigenvalue weighted by atomic mass is 9.80. The number of benzene rings is 7. The van der Waals surface area contributed by atoms with E-state index in [4.69, 9.17) is 14.1 Å². The molecule has 2 aromatic heterocycles. The lowest BCUT2D eigenvalue weighted by molar-refractivity contribution is 0.477. The minimum Gasteiger partial charge on any atom is -0.507 e. The number of phenolic OH excluding ortho intramolecular Hbond substituents is 1. The Morgan fingerprint density at radius 3 is 2.05 bits per heavy atom. The second kappa shape index (κ2) is 13.1. The number of para-hydroxylation sites is 2.